The van der Waals surface area contributed by atoms with E-state index >= 15 is 0 Å². The fraction of sp³-hybridized carbons (Fsp3) is 0.235. The first-order chi connectivity index (χ1) is 9.79. The monoisotopic (exact) mass is 269 g/mol. The highest BCUT2D eigenvalue weighted by Gasteiger charge is 2.11. The summed E-state index contributed by atoms with van der Waals surface area (Å²) >= 11 is 0. The van der Waals surface area contributed by atoms with Crippen molar-refractivity contribution in [3.63, 3.8) is 0 Å². The fourth-order valence-electron chi connectivity index (χ4n) is 1.99. The minimum atomic E-state index is -0.332. The van der Waals surface area contributed by atoms with Gasteiger partial charge in [-0.25, -0.2) is 4.39 Å². The molecule has 3 heteroatoms. The maximum Gasteiger partial charge on any atom is 0.123 e. The minimum absolute atomic E-state index is 0.312. The van der Waals surface area contributed by atoms with Gasteiger partial charge in [0.15, 0.2) is 0 Å². The SMILES string of the molecule is N#C[C@@H](CCOCc1ccccc1)c1cccc(F)c1. The van der Waals surface area contributed by atoms with Crippen LogP contribution in [0.5, 0.6) is 0 Å². The zero-order valence-corrected chi connectivity index (χ0v) is 11.1. The van der Waals surface area contributed by atoms with Gasteiger partial charge in [-0.15, -0.1) is 0 Å². The molecule has 0 saturated heterocycles. The van der Waals surface area contributed by atoms with Crippen LogP contribution in [0.25, 0.3) is 0 Å². The standard InChI is InChI=1S/C17H16FNO/c18-17-8-4-7-15(11-17)16(12-19)9-10-20-13-14-5-2-1-3-6-14/h1-8,11,16H,9-10,13H2/t16-/m1/s1. The molecular weight excluding hydrogens is 253 g/mol. The van der Waals surface area contributed by atoms with Crippen LogP contribution in [0.3, 0.4) is 0 Å². The molecule has 0 fully saturated rings. The van der Waals surface area contributed by atoms with E-state index in [4.69, 9.17) is 10.00 Å². The molecule has 0 aliphatic heterocycles. The molecule has 0 aromatic heterocycles. The Morgan fingerprint density at radius 2 is 1.90 bits per heavy atom. The normalized spacial score (nSPS) is 11.8. The molecule has 0 spiro atoms. The highest BCUT2D eigenvalue weighted by Crippen LogP contribution is 2.19. The third-order valence-electron chi connectivity index (χ3n) is 3.07. The Hall–Kier alpha value is -2.18. The number of hydrogen-bond acceptors (Lipinski definition) is 2. The summed E-state index contributed by atoms with van der Waals surface area (Å²) in [6.45, 7) is 1.01. The Kier molecular flexibility index (Phi) is 5.28. The van der Waals surface area contributed by atoms with Crippen molar-refractivity contribution in [1.29, 1.82) is 5.26 Å². The van der Waals surface area contributed by atoms with Crippen molar-refractivity contribution < 1.29 is 9.13 Å². The Balaban J connectivity index is 1.82. The molecule has 0 aliphatic carbocycles. The molecule has 0 N–H and O–H groups in total. The lowest BCUT2D eigenvalue weighted by molar-refractivity contribution is 0.116. The summed E-state index contributed by atoms with van der Waals surface area (Å²) in [5.41, 5.74) is 1.81. The van der Waals surface area contributed by atoms with E-state index in [0.29, 0.717) is 25.2 Å². The maximum atomic E-state index is 13.1. The summed E-state index contributed by atoms with van der Waals surface area (Å²) < 4.78 is 18.7. The van der Waals surface area contributed by atoms with Crippen LogP contribution >= 0.6 is 0 Å². The predicted molar refractivity (Wildman–Crippen MR) is 75.5 cm³/mol. The van der Waals surface area contributed by atoms with E-state index < -0.39 is 0 Å². The van der Waals surface area contributed by atoms with Gasteiger partial charge in [0, 0.05) is 6.61 Å². The zero-order valence-electron chi connectivity index (χ0n) is 11.1. The van der Waals surface area contributed by atoms with Gasteiger partial charge in [0.2, 0.25) is 0 Å². The molecule has 0 heterocycles. The third-order valence-corrected chi connectivity index (χ3v) is 3.07. The Morgan fingerprint density at radius 1 is 1.10 bits per heavy atom. The smallest absolute Gasteiger partial charge is 0.123 e. The lowest BCUT2D eigenvalue weighted by Crippen LogP contribution is -2.03. The van der Waals surface area contributed by atoms with Crippen LogP contribution in [-0.4, -0.2) is 6.61 Å². The van der Waals surface area contributed by atoms with Crippen LogP contribution < -0.4 is 0 Å². The first kappa shape index (κ1) is 14.2. The molecule has 2 nitrogen and oxygen atoms in total. The van der Waals surface area contributed by atoms with Crippen molar-refractivity contribution in [1.82, 2.24) is 0 Å². The number of nitrogens with zero attached hydrogens (tertiary/aromatic N) is 1. The van der Waals surface area contributed by atoms with Gasteiger partial charge in [0.25, 0.3) is 0 Å². The van der Waals surface area contributed by atoms with E-state index in [0.717, 1.165) is 5.56 Å². The second-order valence-electron chi connectivity index (χ2n) is 4.56. The van der Waals surface area contributed by atoms with Gasteiger partial charge in [-0.1, -0.05) is 42.5 Å². The van der Waals surface area contributed by atoms with Crippen molar-refractivity contribution in [2.45, 2.75) is 18.9 Å². The second-order valence-corrected chi connectivity index (χ2v) is 4.56. The number of benzene rings is 2. The van der Waals surface area contributed by atoms with Crippen LogP contribution in [0.4, 0.5) is 4.39 Å². The molecule has 0 bridgehead atoms. The molecule has 20 heavy (non-hydrogen) atoms. The Bertz CT molecular complexity index is 577. The summed E-state index contributed by atoms with van der Waals surface area (Å²) in [6.07, 6.45) is 0.562. The summed E-state index contributed by atoms with van der Waals surface area (Å²) in [6, 6.07) is 18.3. The van der Waals surface area contributed by atoms with Crippen molar-refractivity contribution >= 4 is 0 Å². The van der Waals surface area contributed by atoms with Crippen molar-refractivity contribution in [2.24, 2.45) is 0 Å². The fourth-order valence-corrected chi connectivity index (χ4v) is 1.99. The summed E-state index contributed by atoms with van der Waals surface area (Å²) in [4.78, 5) is 0. The van der Waals surface area contributed by atoms with Gasteiger partial charge in [-0.05, 0) is 29.7 Å². The first-order valence-corrected chi connectivity index (χ1v) is 6.56. The molecule has 102 valence electrons. The van der Waals surface area contributed by atoms with Crippen LogP contribution in [0.2, 0.25) is 0 Å². The Labute approximate surface area is 118 Å². The average molecular weight is 269 g/mol. The Morgan fingerprint density at radius 3 is 2.60 bits per heavy atom. The topological polar surface area (TPSA) is 33.0 Å². The van der Waals surface area contributed by atoms with E-state index in [1.165, 1.54) is 12.1 Å². The maximum absolute atomic E-state index is 13.1. The van der Waals surface area contributed by atoms with Crippen LogP contribution in [0.1, 0.15) is 23.5 Å². The molecule has 0 aliphatic rings. The molecule has 1 atom stereocenters. The molecule has 0 radical (unpaired) electrons. The lowest BCUT2D eigenvalue weighted by atomic mass is 9.98. The highest BCUT2D eigenvalue weighted by atomic mass is 19.1. The molecular formula is C17H16FNO. The molecule has 2 rings (SSSR count). The molecule has 0 saturated carbocycles. The van der Waals surface area contributed by atoms with Gasteiger partial charge >= 0.3 is 0 Å². The largest absolute Gasteiger partial charge is 0.377 e. The molecule has 2 aromatic carbocycles. The number of hydrogen-bond donors (Lipinski definition) is 0. The van der Waals surface area contributed by atoms with E-state index in [1.54, 1.807) is 12.1 Å². The summed E-state index contributed by atoms with van der Waals surface area (Å²) in [7, 11) is 0. The van der Waals surface area contributed by atoms with Crippen LogP contribution in [0.15, 0.2) is 54.6 Å². The van der Waals surface area contributed by atoms with E-state index in [-0.39, 0.29) is 11.7 Å². The van der Waals surface area contributed by atoms with Gasteiger partial charge in [-0.2, -0.15) is 5.26 Å². The zero-order chi connectivity index (χ0) is 14.2. The number of nitriles is 1. The number of rotatable bonds is 6. The van der Waals surface area contributed by atoms with Gasteiger partial charge in [0.05, 0.1) is 18.6 Å². The van der Waals surface area contributed by atoms with E-state index in [1.807, 2.05) is 30.3 Å². The van der Waals surface area contributed by atoms with Crippen molar-refractivity contribution in [3.05, 3.63) is 71.5 Å². The van der Waals surface area contributed by atoms with Crippen molar-refractivity contribution in [3.8, 4) is 6.07 Å². The predicted octanol–water partition coefficient (Wildman–Crippen LogP) is 4.04. The molecule has 0 unspecified atom stereocenters. The van der Waals surface area contributed by atoms with Crippen molar-refractivity contribution in [2.75, 3.05) is 6.61 Å². The number of ether oxygens (including phenoxy) is 1. The van der Waals surface area contributed by atoms with Gasteiger partial charge in [-0.3, -0.25) is 0 Å². The molecule has 2 aromatic rings. The summed E-state index contributed by atoms with van der Waals surface area (Å²) in [5, 5.41) is 9.16. The quantitative estimate of drug-likeness (QED) is 0.741. The minimum Gasteiger partial charge on any atom is -0.377 e. The third kappa shape index (κ3) is 4.18. The molecule has 0 amide bonds. The first-order valence-electron chi connectivity index (χ1n) is 6.56. The summed E-state index contributed by atoms with van der Waals surface area (Å²) in [5.74, 6) is -0.644. The van der Waals surface area contributed by atoms with Crippen LogP contribution in [0, 0.1) is 17.1 Å². The van der Waals surface area contributed by atoms with E-state index in [9.17, 15) is 4.39 Å². The number of halogens is 1. The second kappa shape index (κ2) is 7.42. The van der Waals surface area contributed by atoms with Crippen LogP contribution in [-0.2, 0) is 11.3 Å². The highest BCUT2D eigenvalue weighted by molar-refractivity contribution is 5.25. The van der Waals surface area contributed by atoms with Gasteiger partial charge < -0.3 is 4.74 Å². The lowest BCUT2D eigenvalue weighted by Gasteiger charge is -2.10. The van der Waals surface area contributed by atoms with E-state index in [2.05, 4.69) is 6.07 Å². The van der Waals surface area contributed by atoms with Gasteiger partial charge in [0.1, 0.15) is 5.82 Å². The average Bonchev–Trinajstić information content (AvgIpc) is 2.48.